The van der Waals surface area contributed by atoms with E-state index in [9.17, 15) is 14.4 Å². The molecule has 1 aliphatic heterocycles. The molecular formula is C19H17BrN2O4S. The van der Waals surface area contributed by atoms with Crippen molar-refractivity contribution in [1.29, 1.82) is 0 Å². The highest BCUT2D eigenvalue weighted by Gasteiger charge is 2.27. The topological polar surface area (TPSA) is 75.7 Å². The maximum Gasteiger partial charge on any atom is 0.316 e. The van der Waals surface area contributed by atoms with Crippen LogP contribution in [0.3, 0.4) is 0 Å². The van der Waals surface area contributed by atoms with Crippen LogP contribution in [-0.4, -0.2) is 36.7 Å². The number of carbonyl (C=O) groups is 3. The van der Waals surface area contributed by atoms with E-state index < -0.39 is 18.5 Å². The van der Waals surface area contributed by atoms with Gasteiger partial charge in [0.05, 0.1) is 17.1 Å². The molecule has 0 radical (unpaired) electrons. The molecule has 0 aromatic heterocycles. The molecular weight excluding hydrogens is 432 g/mol. The van der Waals surface area contributed by atoms with Gasteiger partial charge in [-0.3, -0.25) is 19.3 Å². The highest BCUT2D eigenvalue weighted by atomic mass is 79.9. The van der Waals surface area contributed by atoms with Crippen LogP contribution < -0.4 is 10.2 Å². The fourth-order valence-corrected chi connectivity index (χ4v) is 3.91. The number of anilines is 2. The third-order valence-electron chi connectivity index (χ3n) is 3.91. The largest absolute Gasteiger partial charge is 0.455 e. The summed E-state index contributed by atoms with van der Waals surface area (Å²) in [6.07, 6.45) is 0. The molecule has 2 aromatic carbocycles. The number of ether oxygens (including phenoxy) is 1. The SMILES string of the molecule is Cc1cc(Br)ccc1SCC(=O)OCC(=O)N1CC(=O)Nc2ccccc21. The first-order valence-electron chi connectivity index (χ1n) is 8.18. The number of carbonyl (C=O) groups excluding carboxylic acids is 3. The number of benzene rings is 2. The van der Waals surface area contributed by atoms with E-state index in [0.29, 0.717) is 11.4 Å². The van der Waals surface area contributed by atoms with E-state index in [0.717, 1.165) is 14.9 Å². The lowest BCUT2D eigenvalue weighted by Crippen LogP contribution is -2.44. The first kappa shape index (κ1) is 19.4. The van der Waals surface area contributed by atoms with Gasteiger partial charge < -0.3 is 10.1 Å². The van der Waals surface area contributed by atoms with Gasteiger partial charge in [0.2, 0.25) is 5.91 Å². The second-order valence-electron chi connectivity index (χ2n) is 5.90. The molecule has 1 heterocycles. The van der Waals surface area contributed by atoms with Gasteiger partial charge in [0.25, 0.3) is 5.91 Å². The summed E-state index contributed by atoms with van der Waals surface area (Å²) in [6, 6.07) is 12.8. The van der Waals surface area contributed by atoms with Gasteiger partial charge in [0.15, 0.2) is 6.61 Å². The average molecular weight is 449 g/mol. The van der Waals surface area contributed by atoms with Crippen LogP contribution in [0.15, 0.2) is 51.8 Å². The number of nitrogens with zero attached hydrogens (tertiary/aromatic N) is 1. The van der Waals surface area contributed by atoms with Gasteiger partial charge in [-0.25, -0.2) is 0 Å². The van der Waals surface area contributed by atoms with Gasteiger partial charge in [-0.05, 0) is 42.8 Å². The Hall–Kier alpha value is -2.32. The van der Waals surface area contributed by atoms with Crippen molar-refractivity contribution < 1.29 is 19.1 Å². The van der Waals surface area contributed by atoms with E-state index in [1.54, 1.807) is 24.3 Å². The molecule has 0 saturated heterocycles. The number of aryl methyl sites for hydroxylation is 1. The smallest absolute Gasteiger partial charge is 0.316 e. The Kier molecular flexibility index (Phi) is 6.18. The van der Waals surface area contributed by atoms with Crippen LogP contribution in [0, 0.1) is 6.92 Å². The normalized spacial score (nSPS) is 13.0. The van der Waals surface area contributed by atoms with Crippen molar-refractivity contribution in [3.63, 3.8) is 0 Å². The molecule has 2 amide bonds. The summed E-state index contributed by atoms with van der Waals surface area (Å²) in [7, 11) is 0. The lowest BCUT2D eigenvalue weighted by atomic mass is 10.2. The predicted octanol–water partition coefficient (Wildman–Crippen LogP) is 3.38. The number of halogens is 1. The second kappa shape index (κ2) is 8.58. The molecule has 0 saturated carbocycles. The van der Waals surface area contributed by atoms with Gasteiger partial charge in [0, 0.05) is 9.37 Å². The molecule has 0 fully saturated rings. The monoisotopic (exact) mass is 448 g/mol. The molecule has 1 N–H and O–H groups in total. The number of esters is 1. The van der Waals surface area contributed by atoms with Crippen molar-refractivity contribution in [3.8, 4) is 0 Å². The minimum atomic E-state index is -0.481. The van der Waals surface area contributed by atoms with E-state index in [-0.39, 0.29) is 18.2 Å². The quantitative estimate of drug-likeness (QED) is 0.560. The predicted molar refractivity (Wildman–Crippen MR) is 108 cm³/mol. The molecule has 6 nitrogen and oxygen atoms in total. The van der Waals surface area contributed by atoms with Crippen LogP contribution in [0.2, 0.25) is 0 Å². The van der Waals surface area contributed by atoms with Crippen molar-refractivity contribution in [2.75, 3.05) is 29.1 Å². The number of rotatable bonds is 5. The van der Waals surface area contributed by atoms with E-state index in [4.69, 9.17) is 4.74 Å². The van der Waals surface area contributed by atoms with Gasteiger partial charge >= 0.3 is 5.97 Å². The fourth-order valence-electron chi connectivity index (χ4n) is 2.63. The Morgan fingerprint density at radius 1 is 1.26 bits per heavy atom. The van der Waals surface area contributed by atoms with E-state index in [2.05, 4.69) is 21.2 Å². The Bertz CT molecular complexity index is 903. The number of hydrogen-bond donors (Lipinski definition) is 1. The zero-order valence-electron chi connectivity index (χ0n) is 14.5. The molecule has 140 valence electrons. The van der Waals surface area contributed by atoms with Gasteiger partial charge in [-0.2, -0.15) is 0 Å². The van der Waals surface area contributed by atoms with Crippen LogP contribution in [0.1, 0.15) is 5.56 Å². The van der Waals surface area contributed by atoms with Crippen LogP contribution in [0.5, 0.6) is 0 Å². The van der Waals surface area contributed by atoms with E-state index >= 15 is 0 Å². The van der Waals surface area contributed by atoms with Crippen molar-refractivity contribution in [2.24, 2.45) is 0 Å². The standard InChI is InChI=1S/C19H17BrN2O4S/c1-12-8-13(20)6-7-16(12)27-11-19(25)26-10-18(24)22-9-17(23)21-14-4-2-3-5-15(14)22/h2-8H,9-11H2,1H3,(H,21,23). The summed E-state index contributed by atoms with van der Waals surface area (Å²) in [6.45, 7) is 1.46. The molecule has 0 aliphatic carbocycles. The Labute approximate surface area is 169 Å². The minimum absolute atomic E-state index is 0.0970. The molecule has 3 rings (SSSR count). The van der Waals surface area contributed by atoms with Crippen LogP contribution in [-0.2, 0) is 19.1 Å². The molecule has 0 unspecified atom stereocenters. The highest BCUT2D eigenvalue weighted by molar-refractivity contribution is 9.10. The van der Waals surface area contributed by atoms with Gasteiger partial charge in [-0.15, -0.1) is 11.8 Å². The molecule has 27 heavy (non-hydrogen) atoms. The number of para-hydroxylation sites is 2. The van der Waals surface area contributed by atoms with Gasteiger partial charge in [-0.1, -0.05) is 28.1 Å². The molecule has 0 bridgehead atoms. The van der Waals surface area contributed by atoms with Crippen LogP contribution in [0.4, 0.5) is 11.4 Å². The maximum absolute atomic E-state index is 12.4. The molecule has 2 aromatic rings. The van der Waals surface area contributed by atoms with Crippen LogP contribution in [0.25, 0.3) is 0 Å². The van der Waals surface area contributed by atoms with Crippen molar-refractivity contribution >= 4 is 56.9 Å². The third-order valence-corrected chi connectivity index (χ3v) is 5.55. The summed E-state index contributed by atoms with van der Waals surface area (Å²) in [5.41, 5.74) is 2.21. The molecule has 1 aliphatic rings. The Morgan fingerprint density at radius 2 is 2.04 bits per heavy atom. The Morgan fingerprint density at radius 3 is 2.81 bits per heavy atom. The zero-order chi connectivity index (χ0) is 19.4. The number of fused-ring (bicyclic) bond motifs is 1. The van der Waals surface area contributed by atoms with E-state index in [1.807, 2.05) is 25.1 Å². The second-order valence-corrected chi connectivity index (χ2v) is 7.84. The highest BCUT2D eigenvalue weighted by Crippen LogP contribution is 2.29. The summed E-state index contributed by atoms with van der Waals surface area (Å²) < 4.78 is 6.08. The zero-order valence-corrected chi connectivity index (χ0v) is 16.9. The maximum atomic E-state index is 12.4. The number of nitrogens with one attached hydrogen (secondary N) is 1. The van der Waals surface area contributed by atoms with E-state index in [1.165, 1.54) is 16.7 Å². The van der Waals surface area contributed by atoms with Crippen molar-refractivity contribution in [3.05, 3.63) is 52.5 Å². The van der Waals surface area contributed by atoms with Crippen LogP contribution >= 0.6 is 27.7 Å². The molecule has 0 spiro atoms. The third kappa shape index (κ3) is 4.90. The summed E-state index contributed by atoms with van der Waals surface area (Å²) in [5.74, 6) is -1.09. The van der Waals surface area contributed by atoms with Gasteiger partial charge in [0.1, 0.15) is 6.54 Å². The minimum Gasteiger partial charge on any atom is -0.455 e. The molecule has 0 atom stereocenters. The number of amides is 2. The summed E-state index contributed by atoms with van der Waals surface area (Å²) >= 11 is 4.75. The average Bonchev–Trinajstić information content (AvgIpc) is 2.64. The first-order chi connectivity index (χ1) is 12.9. The number of hydrogen-bond acceptors (Lipinski definition) is 5. The fraction of sp³-hybridized carbons (Fsp3) is 0.211. The number of thioether (sulfide) groups is 1. The van der Waals surface area contributed by atoms with Crippen molar-refractivity contribution in [2.45, 2.75) is 11.8 Å². The summed E-state index contributed by atoms with van der Waals surface area (Å²) in [5, 5.41) is 2.71. The first-order valence-corrected chi connectivity index (χ1v) is 9.96. The lowest BCUT2D eigenvalue weighted by Gasteiger charge is -2.28. The molecule has 8 heteroatoms. The Balaban J connectivity index is 1.54. The van der Waals surface area contributed by atoms with Crippen molar-refractivity contribution in [1.82, 2.24) is 0 Å². The lowest BCUT2D eigenvalue weighted by molar-refractivity contribution is -0.145. The summed E-state index contributed by atoms with van der Waals surface area (Å²) in [4.78, 5) is 38.5.